The van der Waals surface area contributed by atoms with Crippen LogP contribution in [0.4, 0.5) is 0 Å². The van der Waals surface area contributed by atoms with Gasteiger partial charge in [-0.1, -0.05) is 147 Å². The van der Waals surface area contributed by atoms with Crippen LogP contribution in [0.5, 0.6) is 0 Å². The van der Waals surface area contributed by atoms with Gasteiger partial charge in [-0.25, -0.2) is 0 Å². The summed E-state index contributed by atoms with van der Waals surface area (Å²) in [6.45, 7) is 4.76. The number of hydrogen-bond acceptors (Lipinski definition) is 0. The first kappa shape index (κ1) is 28.8. The van der Waals surface area contributed by atoms with Crippen LogP contribution in [0.1, 0.15) is 25.0 Å². The highest BCUT2D eigenvalue weighted by Crippen LogP contribution is 2.52. The number of para-hydroxylation sites is 1. The standard InChI is InChI=1S/C49H35N/c1-49(2)44-19-11-9-17-39(44)41-26-25-40-42(48(41)49)27-28-46-47(40)43-18-10-12-20-45(43)50(46)38-23-21-34(22-24-38)37-30-35(32-13-5-3-6-14-32)29-36(31-37)33-15-7-4-8-16-33/h3-31H,1-2H3. The molecule has 1 nitrogen and oxygen atoms in total. The Balaban J connectivity index is 1.13. The van der Waals surface area contributed by atoms with Gasteiger partial charge < -0.3 is 4.57 Å². The summed E-state index contributed by atoms with van der Waals surface area (Å²) >= 11 is 0. The second-order valence-corrected chi connectivity index (χ2v) is 14.1. The minimum atomic E-state index is -0.0640. The van der Waals surface area contributed by atoms with Crippen molar-refractivity contribution in [3.8, 4) is 50.2 Å². The average molecular weight is 638 g/mol. The van der Waals surface area contributed by atoms with E-state index in [9.17, 15) is 0 Å². The summed E-state index contributed by atoms with van der Waals surface area (Å²) in [7, 11) is 0. The second kappa shape index (κ2) is 10.9. The zero-order valence-electron chi connectivity index (χ0n) is 28.2. The molecule has 0 saturated carbocycles. The monoisotopic (exact) mass is 637 g/mol. The Labute approximate surface area is 292 Å². The second-order valence-electron chi connectivity index (χ2n) is 14.1. The van der Waals surface area contributed by atoms with E-state index in [4.69, 9.17) is 0 Å². The maximum absolute atomic E-state index is 2.44. The van der Waals surface area contributed by atoms with E-state index >= 15 is 0 Å². The van der Waals surface area contributed by atoms with Gasteiger partial charge in [-0.2, -0.15) is 0 Å². The SMILES string of the molecule is CC1(C)c2ccccc2-c2ccc3c(ccc4c3c3ccccc3n4-c3ccc(-c4cc(-c5ccccc5)cc(-c5ccccc5)c4)cc3)c21. The van der Waals surface area contributed by atoms with Crippen molar-refractivity contribution >= 4 is 32.6 Å². The van der Waals surface area contributed by atoms with Gasteiger partial charge in [0.2, 0.25) is 0 Å². The molecule has 0 spiro atoms. The Morgan fingerprint density at radius 2 is 0.940 bits per heavy atom. The van der Waals surface area contributed by atoms with Crippen molar-refractivity contribution in [2.45, 2.75) is 19.3 Å². The first-order chi connectivity index (χ1) is 24.6. The van der Waals surface area contributed by atoms with Crippen LogP contribution in [0.15, 0.2) is 176 Å². The Hall–Kier alpha value is -6.18. The van der Waals surface area contributed by atoms with Gasteiger partial charge in [0.05, 0.1) is 11.0 Å². The molecular formula is C49H35N. The minimum Gasteiger partial charge on any atom is -0.309 e. The lowest BCUT2D eigenvalue weighted by molar-refractivity contribution is 0.666. The summed E-state index contributed by atoms with van der Waals surface area (Å²) in [5.74, 6) is 0. The lowest BCUT2D eigenvalue weighted by Gasteiger charge is -2.23. The van der Waals surface area contributed by atoms with Crippen LogP contribution >= 0.6 is 0 Å². The predicted octanol–water partition coefficient (Wildman–Crippen LogP) is 13.2. The summed E-state index contributed by atoms with van der Waals surface area (Å²) in [6, 6.07) is 64.7. The molecule has 8 aromatic carbocycles. The number of benzene rings is 8. The van der Waals surface area contributed by atoms with Crippen molar-refractivity contribution in [2.75, 3.05) is 0 Å². The fraction of sp³-hybridized carbons (Fsp3) is 0.0612. The fourth-order valence-corrected chi connectivity index (χ4v) is 8.64. The van der Waals surface area contributed by atoms with E-state index in [0.717, 1.165) is 5.69 Å². The smallest absolute Gasteiger partial charge is 0.0547 e. The van der Waals surface area contributed by atoms with Crippen LogP contribution < -0.4 is 0 Å². The Bertz CT molecular complexity index is 2690. The number of aromatic nitrogens is 1. The summed E-state index contributed by atoms with van der Waals surface area (Å²) in [6.07, 6.45) is 0. The third-order valence-corrected chi connectivity index (χ3v) is 11.0. The molecule has 0 unspecified atom stereocenters. The largest absolute Gasteiger partial charge is 0.309 e. The molecule has 50 heavy (non-hydrogen) atoms. The molecule has 1 aliphatic carbocycles. The van der Waals surface area contributed by atoms with E-state index < -0.39 is 0 Å². The van der Waals surface area contributed by atoms with Gasteiger partial charge in [-0.05, 0) is 109 Å². The molecule has 0 saturated heterocycles. The summed E-state index contributed by atoms with van der Waals surface area (Å²) in [4.78, 5) is 0. The van der Waals surface area contributed by atoms with E-state index in [1.165, 1.54) is 88.2 Å². The highest BCUT2D eigenvalue weighted by molar-refractivity contribution is 6.22. The number of hydrogen-bond donors (Lipinski definition) is 0. The Morgan fingerprint density at radius 1 is 0.380 bits per heavy atom. The third-order valence-electron chi connectivity index (χ3n) is 11.0. The van der Waals surface area contributed by atoms with Crippen molar-refractivity contribution in [1.82, 2.24) is 4.57 Å². The number of nitrogens with zero attached hydrogens (tertiary/aromatic N) is 1. The quantitative estimate of drug-likeness (QED) is 0.181. The molecule has 9 aromatic rings. The molecule has 0 bridgehead atoms. The van der Waals surface area contributed by atoms with Gasteiger partial charge in [0.25, 0.3) is 0 Å². The zero-order chi connectivity index (χ0) is 33.4. The van der Waals surface area contributed by atoms with E-state index in [-0.39, 0.29) is 5.41 Å². The minimum absolute atomic E-state index is 0.0640. The van der Waals surface area contributed by atoms with Gasteiger partial charge in [-0.3, -0.25) is 0 Å². The molecule has 1 aliphatic rings. The van der Waals surface area contributed by atoms with Crippen molar-refractivity contribution in [2.24, 2.45) is 0 Å². The molecule has 0 atom stereocenters. The first-order valence-corrected chi connectivity index (χ1v) is 17.5. The van der Waals surface area contributed by atoms with Crippen molar-refractivity contribution in [3.05, 3.63) is 187 Å². The van der Waals surface area contributed by atoms with Gasteiger partial charge in [0.15, 0.2) is 0 Å². The number of rotatable bonds is 4. The van der Waals surface area contributed by atoms with Crippen LogP contribution in [0, 0.1) is 0 Å². The molecule has 10 rings (SSSR count). The summed E-state index contributed by atoms with van der Waals surface area (Å²) in [5.41, 5.74) is 16.4. The van der Waals surface area contributed by atoms with Gasteiger partial charge >= 0.3 is 0 Å². The predicted molar refractivity (Wildman–Crippen MR) is 212 cm³/mol. The zero-order valence-corrected chi connectivity index (χ0v) is 28.2. The molecule has 236 valence electrons. The van der Waals surface area contributed by atoms with E-state index in [1.54, 1.807) is 0 Å². The van der Waals surface area contributed by atoms with Crippen molar-refractivity contribution in [3.63, 3.8) is 0 Å². The van der Waals surface area contributed by atoms with Gasteiger partial charge in [0.1, 0.15) is 0 Å². The molecule has 0 fully saturated rings. The lowest BCUT2D eigenvalue weighted by Crippen LogP contribution is -2.15. The average Bonchev–Trinajstić information content (AvgIpc) is 3.64. The Morgan fingerprint density at radius 3 is 1.62 bits per heavy atom. The van der Waals surface area contributed by atoms with Crippen molar-refractivity contribution < 1.29 is 0 Å². The normalized spacial score (nSPS) is 13.2. The summed E-state index contributed by atoms with van der Waals surface area (Å²) < 4.78 is 2.44. The van der Waals surface area contributed by atoms with Crippen LogP contribution in [-0.2, 0) is 5.41 Å². The van der Waals surface area contributed by atoms with E-state index in [2.05, 4.69) is 194 Å². The molecule has 0 N–H and O–H groups in total. The highest BCUT2D eigenvalue weighted by Gasteiger charge is 2.36. The molecule has 0 aliphatic heterocycles. The Kier molecular flexibility index (Phi) is 6.29. The van der Waals surface area contributed by atoms with Gasteiger partial charge in [-0.15, -0.1) is 0 Å². The molecule has 1 aromatic heterocycles. The molecule has 0 radical (unpaired) electrons. The molecule has 1 heterocycles. The first-order valence-electron chi connectivity index (χ1n) is 17.5. The van der Waals surface area contributed by atoms with Gasteiger partial charge in [0, 0.05) is 21.9 Å². The summed E-state index contributed by atoms with van der Waals surface area (Å²) in [5, 5.41) is 5.27. The highest BCUT2D eigenvalue weighted by atomic mass is 15.0. The van der Waals surface area contributed by atoms with Crippen molar-refractivity contribution in [1.29, 1.82) is 0 Å². The third kappa shape index (κ3) is 4.27. The topological polar surface area (TPSA) is 4.93 Å². The van der Waals surface area contributed by atoms with Crippen LogP contribution in [-0.4, -0.2) is 4.57 Å². The lowest BCUT2D eigenvalue weighted by atomic mass is 9.80. The van der Waals surface area contributed by atoms with Crippen LogP contribution in [0.2, 0.25) is 0 Å². The fourth-order valence-electron chi connectivity index (χ4n) is 8.64. The maximum atomic E-state index is 2.44. The maximum Gasteiger partial charge on any atom is 0.0547 e. The van der Waals surface area contributed by atoms with Crippen LogP contribution in [0.3, 0.4) is 0 Å². The van der Waals surface area contributed by atoms with E-state index in [0.29, 0.717) is 0 Å². The molecule has 0 amide bonds. The number of fused-ring (bicyclic) bond motifs is 9. The molecular weight excluding hydrogens is 603 g/mol. The van der Waals surface area contributed by atoms with E-state index in [1.807, 2.05) is 0 Å². The molecule has 1 heteroatoms. The van der Waals surface area contributed by atoms with Crippen LogP contribution in [0.25, 0.3) is 82.8 Å².